The SMILES string of the molecule is CCCC(C)(CN)CN1CCCC(C)(OC)C1. The number of piperidine rings is 1. The van der Waals surface area contributed by atoms with Crippen LogP contribution in [0, 0.1) is 5.41 Å². The van der Waals surface area contributed by atoms with E-state index in [2.05, 4.69) is 25.7 Å². The molecule has 1 aliphatic heterocycles. The molecule has 17 heavy (non-hydrogen) atoms. The van der Waals surface area contributed by atoms with Crippen LogP contribution >= 0.6 is 0 Å². The van der Waals surface area contributed by atoms with Crippen LogP contribution in [0.1, 0.15) is 46.5 Å². The summed E-state index contributed by atoms with van der Waals surface area (Å²) in [6.07, 6.45) is 4.83. The fourth-order valence-electron chi connectivity index (χ4n) is 3.00. The van der Waals surface area contributed by atoms with Gasteiger partial charge in [-0.15, -0.1) is 0 Å². The number of likely N-dealkylation sites (tertiary alicyclic amines) is 1. The first-order valence-corrected chi connectivity index (χ1v) is 6.94. The number of hydrogen-bond acceptors (Lipinski definition) is 3. The first-order chi connectivity index (χ1) is 7.97. The molecule has 1 fully saturated rings. The van der Waals surface area contributed by atoms with Crippen molar-refractivity contribution in [1.82, 2.24) is 4.90 Å². The molecule has 102 valence electrons. The van der Waals surface area contributed by atoms with Gasteiger partial charge in [-0.05, 0) is 44.7 Å². The van der Waals surface area contributed by atoms with E-state index in [1.807, 2.05) is 7.11 Å². The normalized spacial score (nSPS) is 30.2. The molecule has 1 aliphatic rings. The topological polar surface area (TPSA) is 38.5 Å². The van der Waals surface area contributed by atoms with Crippen LogP contribution < -0.4 is 5.73 Å². The van der Waals surface area contributed by atoms with Gasteiger partial charge in [0.15, 0.2) is 0 Å². The lowest BCUT2D eigenvalue weighted by Crippen LogP contribution is -2.51. The highest BCUT2D eigenvalue weighted by Crippen LogP contribution is 2.29. The van der Waals surface area contributed by atoms with Crippen molar-refractivity contribution >= 4 is 0 Å². The summed E-state index contributed by atoms with van der Waals surface area (Å²) in [6, 6.07) is 0. The summed E-state index contributed by atoms with van der Waals surface area (Å²) in [6.45, 7) is 10.9. The molecule has 3 heteroatoms. The number of hydrogen-bond donors (Lipinski definition) is 1. The number of ether oxygens (including phenoxy) is 1. The molecule has 0 aromatic rings. The fourth-order valence-corrected chi connectivity index (χ4v) is 3.00. The molecular weight excluding hydrogens is 212 g/mol. The Morgan fingerprint density at radius 2 is 2.18 bits per heavy atom. The minimum Gasteiger partial charge on any atom is -0.377 e. The Morgan fingerprint density at radius 3 is 2.71 bits per heavy atom. The Kier molecular flexibility index (Phi) is 5.42. The molecule has 0 amide bonds. The molecule has 0 aromatic carbocycles. The predicted molar refractivity (Wildman–Crippen MR) is 73.2 cm³/mol. The maximum Gasteiger partial charge on any atom is 0.0777 e. The largest absolute Gasteiger partial charge is 0.377 e. The van der Waals surface area contributed by atoms with E-state index in [1.165, 1.54) is 32.2 Å². The summed E-state index contributed by atoms with van der Waals surface area (Å²) >= 11 is 0. The first kappa shape index (κ1) is 14.9. The van der Waals surface area contributed by atoms with E-state index < -0.39 is 0 Å². The molecule has 3 nitrogen and oxygen atoms in total. The van der Waals surface area contributed by atoms with Crippen molar-refractivity contribution in [1.29, 1.82) is 0 Å². The minimum atomic E-state index is 0.0416. The molecule has 1 rings (SSSR count). The predicted octanol–water partition coefficient (Wildman–Crippen LogP) is 2.25. The van der Waals surface area contributed by atoms with Crippen molar-refractivity contribution in [3.05, 3.63) is 0 Å². The molecule has 0 saturated carbocycles. The van der Waals surface area contributed by atoms with Gasteiger partial charge in [0.05, 0.1) is 5.60 Å². The third kappa shape index (κ3) is 4.23. The maximum atomic E-state index is 5.95. The molecule has 0 bridgehead atoms. The lowest BCUT2D eigenvalue weighted by Gasteiger charge is -2.43. The van der Waals surface area contributed by atoms with Crippen LogP contribution in [-0.2, 0) is 4.74 Å². The molecule has 2 N–H and O–H groups in total. The molecule has 2 atom stereocenters. The van der Waals surface area contributed by atoms with Crippen LogP contribution in [-0.4, -0.2) is 43.8 Å². The second kappa shape index (κ2) is 6.17. The van der Waals surface area contributed by atoms with E-state index in [4.69, 9.17) is 10.5 Å². The number of nitrogens with two attached hydrogens (primary N) is 1. The Bertz CT molecular complexity index is 234. The van der Waals surface area contributed by atoms with Crippen LogP contribution in [0.2, 0.25) is 0 Å². The highest BCUT2D eigenvalue weighted by molar-refractivity contribution is 4.88. The van der Waals surface area contributed by atoms with Crippen molar-refractivity contribution in [3.63, 3.8) is 0 Å². The van der Waals surface area contributed by atoms with E-state index in [0.29, 0.717) is 0 Å². The zero-order chi connectivity index (χ0) is 12.9. The van der Waals surface area contributed by atoms with Gasteiger partial charge in [-0.1, -0.05) is 20.3 Å². The maximum absolute atomic E-state index is 5.95. The highest BCUT2D eigenvalue weighted by atomic mass is 16.5. The van der Waals surface area contributed by atoms with Gasteiger partial charge in [0, 0.05) is 20.2 Å². The van der Waals surface area contributed by atoms with E-state index in [1.54, 1.807) is 0 Å². The van der Waals surface area contributed by atoms with Gasteiger partial charge in [0.25, 0.3) is 0 Å². The molecule has 1 heterocycles. The minimum absolute atomic E-state index is 0.0416. The van der Waals surface area contributed by atoms with Crippen LogP contribution in [0.4, 0.5) is 0 Å². The molecule has 0 aromatic heterocycles. The van der Waals surface area contributed by atoms with Crippen molar-refractivity contribution in [2.45, 2.75) is 52.1 Å². The quantitative estimate of drug-likeness (QED) is 0.776. The Hall–Kier alpha value is -0.120. The van der Waals surface area contributed by atoms with Crippen LogP contribution in [0.5, 0.6) is 0 Å². The smallest absolute Gasteiger partial charge is 0.0777 e. The van der Waals surface area contributed by atoms with Gasteiger partial charge in [0.1, 0.15) is 0 Å². The zero-order valence-electron chi connectivity index (χ0n) is 12.1. The van der Waals surface area contributed by atoms with Gasteiger partial charge < -0.3 is 10.5 Å². The number of rotatable bonds is 6. The number of methoxy groups -OCH3 is 1. The molecule has 2 unspecified atom stereocenters. The molecule has 1 saturated heterocycles. The average Bonchev–Trinajstić information content (AvgIpc) is 2.29. The summed E-state index contributed by atoms with van der Waals surface area (Å²) in [5.41, 5.74) is 6.26. The van der Waals surface area contributed by atoms with Crippen molar-refractivity contribution in [3.8, 4) is 0 Å². The van der Waals surface area contributed by atoms with Crippen LogP contribution in [0.15, 0.2) is 0 Å². The molecular formula is C14H30N2O. The van der Waals surface area contributed by atoms with Crippen molar-refractivity contribution in [2.75, 3.05) is 33.3 Å². The van der Waals surface area contributed by atoms with Gasteiger partial charge in [0.2, 0.25) is 0 Å². The Balaban J connectivity index is 2.55. The Labute approximate surface area is 107 Å². The van der Waals surface area contributed by atoms with E-state index in [9.17, 15) is 0 Å². The monoisotopic (exact) mass is 242 g/mol. The van der Waals surface area contributed by atoms with Gasteiger partial charge in [-0.2, -0.15) is 0 Å². The van der Waals surface area contributed by atoms with Crippen molar-refractivity contribution < 1.29 is 4.74 Å². The lowest BCUT2D eigenvalue weighted by molar-refractivity contribution is -0.0584. The first-order valence-electron chi connectivity index (χ1n) is 6.94. The molecule has 0 aliphatic carbocycles. The molecule has 0 radical (unpaired) electrons. The third-order valence-electron chi connectivity index (χ3n) is 4.18. The summed E-state index contributed by atoms with van der Waals surface area (Å²) in [4.78, 5) is 2.54. The standard InChI is InChI=1S/C14H30N2O/c1-5-7-13(2,10-15)11-16-9-6-8-14(3,12-16)17-4/h5-12,15H2,1-4H3. The average molecular weight is 242 g/mol. The second-order valence-corrected chi connectivity index (χ2v) is 6.23. The van der Waals surface area contributed by atoms with Crippen LogP contribution in [0.25, 0.3) is 0 Å². The van der Waals surface area contributed by atoms with Gasteiger partial charge in [-0.25, -0.2) is 0 Å². The van der Waals surface area contributed by atoms with E-state index in [-0.39, 0.29) is 11.0 Å². The summed E-state index contributed by atoms with van der Waals surface area (Å²) < 4.78 is 5.64. The second-order valence-electron chi connectivity index (χ2n) is 6.23. The van der Waals surface area contributed by atoms with Gasteiger partial charge >= 0.3 is 0 Å². The fraction of sp³-hybridized carbons (Fsp3) is 1.00. The van der Waals surface area contributed by atoms with Gasteiger partial charge in [-0.3, -0.25) is 4.90 Å². The summed E-state index contributed by atoms with van der Waals surface area (Å²) in [5.74, 6) is 0. The highest BCUT2D eigenvalue weighted by Gasteiger charge is 2.33. The summed E-state index contributed by atoms with van der Waals surface area (Å²) in [5, 5.41) is 0. The number of nitrogens with zero attached hydrogens (tertiary/aromatic N) is 1. The van der Waals surface area contributed by atoms with Crippen molar-refractivity contribution in [2.24, 2.45) is 11.1 Å². The Morgan fingerprint density at radius 1 is 1.47 bits per heavy atom. The summed E-state index contributed by atoms with van der Waals surface area (Å²) in [7, 11) is 1.83. The van der Waals surface area contributed by atoms with E-state index >= 15 is 0 Å². The zero-order valence-corrected chi connectivity index (χ0v) is 12.1. The third-order valence-corrected chi connectivity index (χ3v) is 4.18. The molecule has 0 spiro atoms. The lowest BCUT2D eigenvalue weighted by atomic mass is 9.83. The van der Waals surface area contributed by atoms with E-state index in [0.717, 1.165) is 19.6 Å². The van der Waals surface area contributed by atoms with Crippen LogP contribution in [0.3, 0.4) is 0 Å².